The standard InChI is InChI=1S/C10H19NO2/c1-8(2,3)10(6)9(4,5)11-7(12)13-10/h1-6H3,(H,11,12). The summed E-state index contributed by atoms with van der Waals surface area (Å²) >= 11 is 0. The molecule has 0 bridgehead atoms. The summed E-state index contributed by atoms with van der Waals surface area (Å²) in [5, 5.41) is 2.83. The van der Waals surface area contributed by atoms with Crippen molar-refractivity contribution >= 4 is 6.09 Å². The van der Waals surface area contributed by atoms with E-state index in [1.807, 2.05) is 20.8 Å². The predicted molar refractivity (Wildman–Crippen MR) is 51.6 cm³/mol. The Hall–Kier alpha value is -0.730. The molecule has 3 nitrogen and oxygen atoms in total. The quantitative estimate of drug-likeness (QED) is 0.629. The number of amides is 1. The third kappa shape index (κ3) is 1.30. The molecule has 1 atom stereocenters. The minimum absolute atomic E-state index is 0.0737. The van der Waals surface area contributed by atoms with Crippen molar-refractivity contribution in [3.8, 4) is 0 Å². The number of carbonyl (C=O) groups excluding carboxylic acids is 1. The monoisotopic (exact) mass is 185 g/mol. The van der Waals surface area contributed by atoms with Gasteiger partial charge in [-0.3, -0.25) is 0 Å². The molecule has 1 aliphatic heterocycles. The van der Waals surface area contributed by atoms with Gasteiger partial charge in [0.2, 0.25) is 0 Å². The molecule has 0 aromatic rings. The van der Waals surface area contributed by atoms with E-state index in [0.717, 1.165) is 0 Å². The maximum Gasteiger partial charge on any atom is 0.408 e. The van der Waals surface area contributed by atoms with Crippen LogP contribution in [0.25, 0.3) is 0 Å². The second-order valence-corrected chi connectivity index (χ2v) is 5.42. The number of hydrogen-bond acceptors (Lipinski definition) is 2. The SMILES string of the molecule is CC(C)(C)C1(C)OC(=O)NC1(C)C. The fourth-order valence-corrected chi connectivity index (χ4v) is 1.80. The van der Waals surface area contributed by atoms with E-state index >= 15 is 0 Å². The number of carbonyl (C=O) groups is 1. The van der Waals surface area contributed by atoms with Gasteiger partial charge >= 0.3 is 6.09 Å². The van der Waals surface area contributed by atoms with Crippen LogP contribution < -0.4 is 5.32 Å². The average molecular weight is 185 g/mol. The zero-order valence-corrected chi connectivity index (χ0v) is 9.32. The average Bonchev–Trinajstić information content (AvgIpc) is 2.00. The first-order valence-corrected chi connectivity index (χ1v) is 4.61. The van der Waals surface area contributed by atoms with Crippen LogP contribution in [0, 0.1) is 5.41 Å². The highest BCUT2D eigenvalue weighted by Gasteiger charge is 2.57. The lowest BCUT2D eigenvalue weighted by atomic mass is 9.68. The number of alkyl carbamates (subject to hydrolysis) is 1. The number of rotatable bonds is 0. The maximum absolute atomic E-state index is 11.2. The fraction of sp³-hybridized carbons (Fsp3) is 0.900. The second-order valence-electron chi connectivity index (χ2n) is 5.42. The van der Waals surface area contributed by atoms with Gasteiger partial charge in [0, 0.05) is 5.41 Å². The topological polar surface area (TPSA) is 38.3 Å². The van der Waals surface area contributed by atoms with Gasteiger partial charge in [0.05, 0.1) is 5.54 Å². The molecular weight excluding hydrogens is 166 g/mol. The normalized spacial score (nSPS) is 32.6. The van der Waals surface area contributed by atoms with Crippen LogP contribution in [0.4, 0.5) is 4.79 Å². The van der Waals surface area contributed by atoms with E-state index in [1.165, 1.54) is 0 Å². The van der Waals surface area contributed by atoms with Crippen molar-refractivity contribution in [3.05, 3.63) is 0 Å². The van der Waals surface area contributed by atoms with Crippen LogP contribution in [0.3, 0.4) is 0 Å². The summed E-state index contributed by atoms with van der Waals surface area (Å²) in [5.74, 6) is 0. The first-order valence-electron chi connectivity index (χ1n) is 4.61. The third-order valence-corrected chi connectivity index (χ3v) is 3.34. The van der Waals surface area contributed by atoms with Gasteiger partial charge in [-0.2, -0.15) is 0 Å². The first-order chi connectivity index (χ1) is 5.60. The number of hydrogen-bond donors (Lipinski definition) is 1. The van der Waals surface area contributed by atoms with E-state index in [-0.39, 0.29) is 17.0 Å². The molecule has 0 aromatic heterocycles. The van der Waals surface area contributed by atoms with Gasteiger partial charge in [-0.15, -0.1) is 0 Å². The lowest BCUT2D eigenvalue weighted by Crippen LogP contribution is -2.57. The Labute approximate surface area is 79.8 Å². The van der Waals surface area contributed by atoms with Crippen LogP contribution in [0.15, 0.2) is 0 Å². The van der Waals surface area contributed by atoms with Gasteiger partial charge in [0.25, 0.3) is 0 Å². The molecule has 0 aliphatic carbocycles. The molecule has 0 saturated carbocycles. The molecule has 1 heterocycles. The summed E-state index contributed by atoms with van der Waals surface area (Å²) < 4.78 is 5.38. The van der Waals surface area contributed by atoms with E-state index in [1.54, 1.807) is 0 Å². The molecule has 1 fully saturated rings. The Morgan fingerprint density at radius 3 is 1.85 bits per heavy atom. The van der Waals surface area contributed by atoms with Gasteiger partial charge in [-0.05, 0) is 20.8 Å². The molecule has 1 aliphatic rings. The van der Waals surface area contributed by atoms with Gasteiger partial charge in [-0.25, -0.2) is 4.79 Å². The van der Waals surface area contributed by atoms with Crippen LogP contribution >= 0.6 is 0 Å². The minimum atomic E-state index is -0.461. The molecule has 1 saturated heterocycles. The van der Waals surface area contributed by atoms with E-state index < -0.39 is 5.60 Å². The van der Waals surface area contributed by atoms with Gasteiger partial charge in [0.15, 0.2) is 0 Å². The van der Waals surface area contributed by atoms with Crippen molar-refractivity contribution in [1.82, 2.24) is 5.32 Å². The van der Waals surface area contributed by atoms with Crippen LogP contribution in [-0.2, 0) is 4.74 Å². The van der Waals surface area contributed by atoms with Crippen LogP contribution in [0.2, 0.25) is 0 Å². The van der Waals surface area contributed by atoms with Crippen LogP contribution in [0.1, 0.15) is 41.5 Å². The Kier molecular flexibility index (Phi) is 1.91. The lowest BCUT2D eigenvalue weighted by Gasteiger charge is -2.44. The highest BCUT2D eigenvalue weighted by Crippen LogP contribution is 2.44. The molecule has 1 amide bonds. The summed E-state index contributed by atoms with van der Waals surface area (Å²) in [5.41, 5.74) is -0.852. The molecule has 1 rings (SSSR count). The summed E-state index contributed by atoms with van der Waals surface area (Å²) in [7, 11) is 0. The van der Waals surface area contributed by atoms with Crippen molar-refractivity contribution in [3.63, 3.8) is 0 Å². The molecular formula is C10H19NO2. The first kappa shape index (κ1) is 10.4. The highest BCUT2D eigenvalue weighted by atomic mass is 16.6. The lowest BCUT2D eigenvalue weighted by molar-refractivity contribution is -0.0604. The van der Waals surface area contributed by atoms with Crippen LogP contribution in [0.5, 0.6) is 0 Å². The summed E-state index contributed by atoms with van der Waals surface area (Å²) in [6.07, 6.45) is -0.317. The third-order valence-electron chi connectivity index (χ3n) is 3.34. The Bertz CT molecular complexity index is 240. The zero-order valence-electron chi connectivity index (χ0n) is 9.32. The summed E-state index contributed by atoms with van der Waals surface area (Å²) in [6.45, 7) is 12.2. The molecule has 0 aromatic carbocycles. The van der Waals surface area contributed by atoms with E-state index in [4.69, 9.17) is 4.74 Å². The van der Waals surface area contributed by atoms with Crippen molar-refractivity contribution < 1.29 is 9.53 Å². The smallest absolute Gasteiger partial charge is 0.408 e. The largest absolute Gasteiger partial charge is 0.440 e. The van der Waals surface area contributed by atoms with Gasteiger partial charge in [0.1, 0.15) is 5.60 Å². The molecule has 3 heteroatoms. The number of cyclic esters (lactones) is 1. The van der Waals surface area contributed by atoms with Gasteiger partial charge < -0.3 is 10.1 Å². The molecule has 1 N–H and O–H groups in total. The van der Waals surface area contributed by atoms with Crippen molar-refractivity contribution in [2.24, 2.45) is 5.41 Å². The highest BCUT2D eigenvalue weighted by molar-refractivity contribution is 5.72. The molecule has 1 unspecified atom stereocenters. The van der Waals surface area contributed by atoms with Crippen molar-refractivity contribution in [2.45, 2.75) is 52.7 Å². The maximum atomic E-state index is 11.2. The van der Waals surface area contributed by atoms with E-state index in [9.17, 15) is 4.79 Å². The second kappa shape index (κ2) is 2.40. The Morgan fingerprint density at radius 2 is 1.69 bits per heavy atom. The number of nitrogens with one attached hydrogen (secondary N) is 1. The zero-order chi connectivity index (χ0) is 10.5. The fourth-order valence-electron chi connectivity index (χ4n) is 1.80. The summed E-state index contributed by atoms with van der Waals surface area (Å²) in [6, 6.07) is 0. The van der Waals surface area contributed by atoms with E-state index in [0.29, 0.717) is 0 Å². The summed E-state index contributed by atoms with van der Waals surface area (Å²) in [4.78, 5) is 11.2. The van der Waals surface area contributed by atoms with Crippen molar-refractivity contribution in [2.75, 3.05) is 0 Å². The minimum Gasteiger partial charge on any atom is -0.440 e. The molecule has 0 radical (unpaired) electrons. The predicted octanol–water partition coefficient (Wildman–Crippen LogP) is 2.31. The van der Waals surface area contributed by atoms with Gasteiger partial charge in [-0.1, -0.05) is 20.8 Å². The molecule has 76 valence electrons. The Balaban J connectivity index is 3.10. The van der Waals surface area contributed by atoms with E-state index in [2.05, 4.69) is 26.1 Å². The van der Waals surface area contributed by atoms with Crippen LogP contribution in [-0.4, -0.2) is 17.2 Å². The van der Waals surface area contributed by atoms with Crippen molar-refractivity contribution in [1.29, 1.82) is 0 Å². The molecule has 0 spiro atoms. The number of ether oxygens (including phenoxy) is 1. The molecule has 13 heavy (non-hydrogen) atoms. The Morgan fingerprint density at radius 1 is 1.23 bits per heavy atom.